The third kappa shape index (κ3) is 4.25. The van der Waals surface area contributed by atoms with Gasteiger partial charge in [-0.2, -0.15) is 0 Å². The summed E-state index contributed by atoms with van der Waals surface area (Å²) in [5, 5.41) is 11.5. The van der Waals surface area contributed by atoms with Gasteiger partial charge in [0, 0.05) is 0 Å². The van der Waals surface area contributed by atoms with E-state index in [4.69, 9.17) is 9.94 Å². The Balaban J connectivity index is 2.31. The smallest absolute Gasteiger partial charge is 0.350 e. The van der Waals surface area contributed by atoms with Gasteiger partial charge in [0.05, 0.1) is 0 Å². The van der Waals surface area contributed by atoms with Crippen molar-refractivity contribution in [3.63, 3.8) is 0 Å². The quantitative estimate of drug-likeness (QED) is 0.544. The lowest BCUT2D eigenvalue weighted by Gasteiger charge is -1.98. The number of carboxylic acids is 1. The first-order valence-electron chi connectivity index (χ1n) is 4.19. The zero-order valence-electron chi connectivity index (χ0n) is 7.59. The molecule has 0 aromatic heterocycles. The number of carbonyl (C=O) groups is 1. The second-order valence-corrected chi connectivity index (χ2v) is 2.65. The first kappa shape index (κ1) is 10.2. The maximum absolute atomic E-state index is 10.0. The topological polar surface area (TPSA) is 58.9 Å². The molecule has 1 N–H and O–H groups in total. The third-order valence-electron chi connectivity index (χ3n) is 1.54. The summed E-state index contributed by atoms with van der Waals surface area (Å²) >= 11 is 0. The van der Waals surface area contributed by atoms with Gasteiger partial charge in [0.25, 0.3) is 0 Å². The van der Waals surface area contributed by atoms with E-state index >= 15 is 0 Å². The maximum atomic E-state index is 10.0. The van der Waals surface area contributed by atoms with Gasteiger partial charge in [0.2, 0.25) is 0 Å². The van der Waals surface area contributed by atoms with Crippen LogP contribution >= 0.6 is 0 Å². The van der Waals surface area contributed by atoms with Gasteiger partial charge < -0.3 is 9.94 Å². The number of aliphatic carboxylic acids is 1. The van der Waals surface area contributed by atoms with Crippen molar-refractivity contribution >= 4 is 12.2 Å². The monoisotopic (exact) mass is 193 g/mol. The molecule has 1 aliphatic carbocycles. The van der Waals surface area contributed by atoms with E-state index in [9.17, 15) is 4.79 Å². The number of allylic oxidation sites excluding steroid dienone is 4. The number of oxime groups is 1. The Labute approximate surface area is 81.9 Å². The lowest BCUT2D eigenvalue weighted by molar-refractivity contribution is -0.129. The van der Waals surface area contributed by atoms with Gasteiger partial charge in [-0.05, 0) is 12.0 Å². The molecule has 0 heterocycles. The first-order chi connectivity index (χ1) is 6.79. The summed E-state index contributed by atoms with van der Waals surface area (Å²) in [5.74, 6) is -1.11. The van der Waals surface area contributed by atoms with E-state index in [1.807, 2.05) is 30.4 Å². The van der Waals surface area contributed by atoms with E-state index in [0.29, 0.717) is 6.61 Å². The highest BCUT2D eigenvalue weighted by molar-refractivity contribution is 6.21. The van der Waals surface area contributed by atoms with Gasteiger partial charge in [-0.1, -0.05) is 35.5 Å². The van der Waals surface area contributed by atoms with E-state index in [0.717, 1.165) is 18.2 Å². The normalized spacial score (nSPS) is 15.3. The molecule has 0 atom stereocenters. The summed E-state index contributed by atoms with van der Waals surface area (Å²) in [4.78, 5) is 14.8. The maximum Gasteiger partial charge on any atom is 0.350 e. The predicted molar refractivity (Wildman–Crippen MR) is 53.1 cm³/mol. The minimum Gasteiger partial charge on any atom is -0.477 e. The average Bonchev–Trinajstić information content (AvgIpc) is 2.40. The van der Waals surface area contributed by atoms with E-state index in [1.54, 1.807) is 0 Å². The molecule has 0 aliphatic heterocycles. The van der Waals surface area contributed by atoms with Crippen LogP contribution in [-0.4, -0.2) is 23.9 Å². The minimum absolute atomic E-state index is 0.294. The fraction of sp³-hybridized carbons (Fsp3) is 0.200. The molecule has 0 unspecified atom stereocenters. The minimum atomic E-state index is -1.11. The zero-order valence-corrected chi connectivity index (χ0v) is 7.59. The van der Waals surface area contributed by atoms with Crippen LogP contribution in [0.5, 0.6) is 0 Å². The Morgan fingerprint density at radius 1 is 1.64 bits per heavy atom. The molecule has 0 fully saturated rings. The molecule has 1 rings (SSSR count). The number of carboxylic acid groups (broad SMARTS) is 1. The number of rotatable bonds is 4. The van der Waals surface area contributed by atoms with Gasteiger partial charge in [0.1, 0.15) is 6.61 Å². The van der Waals surface area contributed by atoms with Crippen molar-refractivity contribution in [3.05, 3.63) is 36.0 Å². The molecule has 4 nitrogen and oxygen atoms in total. The molecule has 1 aliphatic rings. The lowest BCUT2D eigenvalue weighted by Crippen LogP contribution is -1.97. The van der Waals surface area contributed by atoms with E-state index in [-0.39, 0.29) is 0 Å². The summed E-state index contributed by atoms with van der Waals surface area (Å²) < 4.78 is 0. The predicted octanol–water partition coefficient (Wildman–Crippen LogP) is 1.52. The summed E-state index contributed by atoms with van der Waals surface area (Å²) in [7, 11) is 0. The van der Waals surface area contributed by atoms with Crippen molar-refractivity contribution in [1.82, 2.24) is 0 Å². The van der Waals surface area contributed by atoms with Crippen LogP contribution in [0.2, 0.25) is 0 Å². The van der Waals surface area contributed by atoms with Crippen LogP contribution in [0.3, 0.4) is 0 Å². The zero-order chi connectivity index (χ0) is 10.2. The molecule has 14 heavy (non-hydrogen) atoms. The number of hydrogen-bond donors (Lipinski definition) is 1. The Bertz CT molecular complexity index is 313. The lowest BCUT2D eigenvalue weighted by atomic mass is 10.2. The first-order valence-corrected chi connectivity index (χ1v) is 4.19. The van der Waals surface area contributed by atoms with Crippen LogP contribution in [0.4, 0.5) is 0 Å². The van der Waals surface area contributed by atoms with Crippen LogP contribution in [0.1, 0.15) is 6.42 Å². The third-order valence-corrected chi connectivity index (χ3v) is 1.54. The van der Waals surface area contributed by atoms with Gasteiger partial charge in [-0.25, -0.2) is 4.79 Å². The molecule has 0 saturated heterocycles. The van der Waals surface area contributed by atoms with Crippen LogP contribution < -0.4 is 0 Å². The van der Waals surface area contributed by atoms with Crippen molar-refractivity contribution in [2.75, 3.05) is 6.61 Å². The van der Waals surface area contributed by atoms with Gasteiger partial charge in [0.15, 0.2) is 6.21 Å². The molecule has 0 amide bonds. The number of hydrogen-bond acceptors (Lipinski definition) is 3. The highest BCUT2D eigenvalue weighted by Gasteiger charge is 1.94. The molecule has 0 aromatic carbocycles. The standard InChI is InChI=1S/C10H11NO3/c12-10(13)7-11-14-8-9-5-3-1-2-4-6-9/h1-3,5-7H,4,8H2,(H,12,13)/b11-7-. The van der Waals surface area contributed by atoms with Crippen LogP contribution in [0.15, 0.2) is 41.1 Å². The van der Waals surface area contributed by atoms with Crippen molar-refractivity contribution in [2.24, 2.45) is 5.16 Å². The molecule has 0 aromatic rings. The van der Waals surface area contributed by atoms with Crippen LogP contribution in [0, 0.1) is 0 Å². The summed E-state index contributed by atoms with van der Waals surface area (Å²) in [6.45, 7) is 0.294. The molecular formula is C10H11NO3. The van der Waals surface area contributed by atoms with Crippen molar-refractivity contribution in [2.45, 2.75) is 6.42 Å². The Hall–Kier alpha value is -1.84. The highest BCUT2D eigenvalue weighted by atomic mass is 16.6. The molecular weight excluding hydrogens is 182 g/mol. The fourth-order valence-corrected chi connectivity index (χ4v) is 0.925. The molecule has 74 valence electrons. The van der Waals surface area contributed by atoms with Crippen molar-refractivity contribution in [1.29, 1.82) is 0 Å². The summed E-state index contributed by atoms with van der Waals surface area (Å²) in [6.07, 6.45) is 11.3. The Morgan fingerprint density at radius 2 is 2.50 bits per heavy atom. The Kier molecular flexibility index (Phi) is 4.20. The van der Waals surface area contributed by atoms with Gasteiger partial charge >= 0.3 is 5.97 Å². The second-order valence-electron chi connectivity index (χ2n) is 2.65. The van der Waals surface area contributed by atoms with E-state index < -0.39 is 5.97 Å². The van der Waals surface area contributed by atoms with Gasteiger partial charge in [-0.15, -0.1) is 0 Å². The largest absolute Gasteiger partial charge is 0.477 e. The highest BCUT2D eigenvalue weighted by Crippen LogP contribution is 2.05. The SMILES string of the molecule is O=C(O)/C=N\OCC1=CCC=CC=C1. The summed E-state index contributed by atoms with van der Waals surface area (Å²) in [5.41, 5.74) is 0.984. The molecule has 0 bridgehead atoms. The molecule has 0 saturated carbocycles. The van der Waals surface area contributed by atoms with E-state index in [1.165, 1.54) is 0 Å². The second kappa shape index (κ2) is 5.75. The molecule has 0 spiro atoms. The van der Waals surface area contributed by atoms with Crippen molar-refractivity contribution in [3.8, 4) is 0 Å². The van der Waals surface area contributed by atoms with Crippen LogP contribution in [0.25, 0.3) is 0 Å². The Morgan fingerprint density at radius 3 is 3.29 bits per heavy atom. The summed E-state index contributed by atoms with van der Waals surface area (Å²) in [6, 6.07) is 0. The van der Waals surface area contributed by atoms with Crippen molar-refractivity contribution < 1.29 is 14.7 Å². The average molecular weight is 193 g/mol. The van der Waals surface area contributed by atoms with E-state index in [2.05, 4.69) is 5.16 Å². The fourth-order valence-electron chi connectivity index (χ4n) is 0.925. The molecule has 4 heteroatoms. The molecule has 0 radical (unpaired) electrons. The van der Waals surface area contributed by atoms with Gasteiger partial charge in [-0.3, -0.25) is 0 Å². The number of nitrogens with zero attached hydrogens (tertiary/aromatic N) is 1. The van der Waals surface area contributed by atoms with Crippen LogP contribution in [-0.2, 0) is 9.63 Å².